The van der Waals surface area contributed by atoms with Gasteiger partial charge in [-0.25, -0.2) is 4.98 Å². The van der Waals surface area contributed by atoms with Crippen LogP contribution in [-0.2, 0) is 10.8 Å². The Kier molecular flexibility index (Phi) is 6.00. The van der Waals surface area contributed by atoms with Gasteiger partial charge in [-0.05, 0) is 48.5 Å². The molecule has 1 N–H and O–H groups in total. The van der Waals surface area contributed by atoms with Crippen LogP contribution < -0.4 is 9.47 Å². The van der Waals surface area contributed by atoms with Crippen molar-refractivity contribution in [1.82, 2.24) is 9.97 Å². The van der Waals surface area contributed by atoms with Crippen LogP contribution in [0.3, 0.4) is 0 Å². The van der Waals surface area contributed by atoms with E-state index in [1.807, 2.05) is 48.5 Å². The molecular weight excluding hydrogens is 368 g/mol. The van der Waals surface area contributed by atoms with Crippen molar-refractivity contribution in [2.24, 2.45) is 0 Å². The molecule has 26 heavy (non-hydrogen) atoms. The molecule has 0 radical (unpaired) electrons. The summed E-state index contributed by atoms with van der Waals surface area (Å²) in [7, 11) is 2.40. The SMILES string of the molecule is COc1ccc(-c2nc(SCS(C)=O)[nH]c2-c2ccc(OC)cc2)cc1. The van der Waals surface area contributed by atoms with Crippen LogP contribution in [0.25, 0.3) is 22.5 Å². The van der Waals surface area contributed by atoms with Gasteiger partial charge in [0.15, 0.2) is 5.16 Å². The van der Waals surface area contributed by atoms with Gasteiger partial charge in [-0.1, -0.05) is 11.8 Å². The van der Waals surface area contributed by atoms with E-state index in [0.717, 1.165) is 39.2 Å². The third kappa shape index (κ3) is 4.28. The topological polar surface area (TPSA) is 64.2 Å². The highest BCUT2D eigenvalue weighted by atomic mass is 32.2. The van der Waals surface area contributed by atoms with E-state index in [4.69, 9.17) is 14.5 Å². The Morgan fingerprint density at radius 2 is 1.50 bits per heavy atom. The zero-order valence-electron chi connectivity index (χ0n) is 14.8. The van der Waals surface area contributed by atoms with E-state index in [-0.39, 0.29) is 0 Å². The zero-order chi connectivity index (χ0) is 18.5. The standard InChI is InChI=1S/C19H20N2O3S2/c1-23-15-8-4-13(5-9-15)17-18(14-6-10-16(24-2)11-7-14)21-19(20-17)25-12-26(3)22/h4-11H,12H2,1-3H3,(H,20,21). The number of thioether (sulfide) groups is 1. The first-order valence-corrected chi connectivity index (χ1v) is 10.6. The lowest BCUT2D eigenvalue weighted by Gasteiger charge is -2.06. The second-order valence-electron chi connectivity index (χ2n) is 5.56. The zero-order valence-corrected chi connectivity index (χ0v) is 16.4. The Morgan fingerprint density at radius 3 is 2.00 bits per heavy atom. The molecule has 0 amide bonds. The van der Waals surface area contributed by atoms with Crippen molar-refractivity contribution in [3.05, 3.63) is 48.5 Å². The van der Waals surface area contributed by atoms with Gasteiger partial charge >= 0.3 is 0 Å². The molecule has 0 spiro atoms. The Bertz CT molecular complexity index is 825. The summed E-state index contributed by atoms with van der Waals surface area (Å²) in [4.78, 5) is 8.09. The minimum Gasteiger partial charge on any atom is -0.497 e. The van der Waals surface area contributed by atoms with E-state index in [0.29, 0.717) is 5.08 Å². The fourth-order valence-electron chi connectivity index (χ4n) is 2.48. The number of aromatic nitrogens is 2. The van der Waals surface area contributed by atoms with Gasteiger partial charge in [-0.15, -0.1) is 0 Å². The maximum Gasteiger partial charge on any atom is 0.167 e. The average molecular weight is 389 g/mol. The molecule has 1 aromatic heterocycles. The number of aromatic amines is 1. The third-order valence-corrected chi connectivity index (χ3v) is 6.05. The molecule has 136 valence electrons. The first kappa shape index (κ1) is 18.5. The van der Waals surface area contributed by atoms with Gasteiger partial charge in [0.2, 0.25) is 0 Å². The molecule has 0 bridgehead atoms. The largest absolute Gasteiger partial charge is 0.497 e. The number of imidazole rings is 1. The maximum atomic E-state index is 11.4. The van der Waals surface area contributed by atoms with Gasteiger partial charge in [-0.3, -0.25) is 4.21 Å². The molecule has 3 aromatic rings. The second-order valence-corrected chi connectivity index (χ2v) is 8.32. The molecule has 3 rings (SSSR count). The van der Waals surface area contributed by atoms with Gasteiger partial charge in [0, 0.05) is 28.2 Å². The van der Waals surface area contributed by atoms with E-state index in [1.54, 1.807) is 20.5 Å². The Morgan fingerprint density at radius 1 is 0.962 bits per heavy atom. The first-order chi connectivity index (χ1) is 12.6. The smallest absolute Gasteiger partial charge is 0.167 e. The van der Waals surface area contributed by atoms with E-state index in [1.165, 1.54) is 11.8 Å². The van der Waals surface area contributed by atoms with Crippen molar-refractivity contribution in [3.63, 3.8) is 0 Å². The summed E-state index contributed by atoms with van der Waals surface area (Å²) >= 11 is 1.45. The predicted molar refractivity (Wildman–Crippen MR) is 107 cm³/mol. The van der Waals surface area contributed by atoms with Crippen molar-refractivity contribution < 1.29 is 13.7 Å². The number of H-pyrrole nitrogens is 1. The van der Waals surface area contributed by atoms with Crippen molar-refractivity contribution >= 4 is 22.6 Å². The lowest BCUT2D eigenvalue weighted by atomic mass is 10.0. The van der Waals surface area contributed by atoms with Crippen molar-refractivity contribution in [3.8, 4) is 34.0 Å². The molecule has 0 aliphatic rings. The average Bonchev–Trinajstić information content (AvgIpc) is 3.11. The van der Waals surface area contributed by atoms with E-state index < -0.39 is 10.8 Å². The highest BCUT2D eigenvalue weighted by Gasteiger charge is 2.15. The van der Waals surface area contributed by atoms with Gasteiger partial charge in [0.05, 0.1) is 30.7 Å². The molecule has 0 aliphatic heterocycles. The van der Waals surface area contributed by atoms with Gasteiger partial charge in [-0.2, -0.15) is 0 Å². The van der Waals surface area contributed by atoms with E-state index in [9.17, 15) is 4.21 Å². The Hall–Kier alpha value is -2.25. The highest BCUT2D eigenvalue weighted by Crippen LogP contribution is 2.34. The Labute approximate surface area is 159 Å². The number of nitrogens with one attached hydrogen (secondary N) is 1. The van der Waals surface area contributed by atoms with Crippen LogP contribution in [-0.4, -0.2) is 39.7 Å². The number of benzene rings is 2. The van der Waals surface area contributed by atoms with Crippen LogP contribution in [0.1, 0.15) is 0 Å². The molecule has 0 aliphatic carbocycles. The molecule has 5 nitrogen and oxygen atoms in total. The number of rotatable bonds is 7. The molecule has 7 heteroatoms. The predicted octanol–water partition coefficient (Wildman–Crippen LogP) is 4.19. The molecular formula is C19H20N2O3S2. The normalized spacial score (nSPS) is 12.0. The molecule has 2 aromatic carbocycles. The summed E-state index contributed by atoms with van der Waals surface area (Å²) in [6.45, 7) is 0. The van der Waals surface area contributed by atoms with Gasteiger partial charge in [0.1, 0.15) is 11.5 Å². The third-order valence-electron chi connectivity index (χ3n) is 3.79. The molecule has 1 heterocycles. The van der Waals surface area contributed by atoms with Crippen LogP contribution in [0.15, 0.2) is 53.7 Å². The summed E-state index contributed by atoms with van der Waals surface area (Å²) in [6.07, 6.45) is 1.69. The lowest BCUT2D eigenvalue weighted by molar-refractivity contribution is 0.414. The van der Waals surface area contributed by atoms with E-state index >= 15 is 0 Å². The fraction of sp³-hybridized carbons (Fsp3) is 0.211. The van der Waals surface area contributed by atoms with Crippen LogP contribution in [0, 0.1) is 0 Å². The summed E-state index contributed by atoms with van der Waals surface area (Å²) in [5.74, 6) is 1.60. The lowest BCUT2D eigenvalue weighted by Crippen LogP contribution is -1.88. The number of ether oxygens (including phenoxy) is 2. The molecule has 1 atom stereocenters. The monoisotopic (exact) mass is 388 g/mol. The van der Waals surface area contributed by atoms with E-state index in [2.05, 4.69) is 4.98 Å². The van der Waals surface area contributed by atoms with Crippen molar-refractivity contribution in [2.45, 2.75) is 5.16 Å². The minimum atomic E-state index is -0.891. The molecule has 1 unspecified atom stereocenters. The molecule has 0 saturated carbocycles. The quantitative estimate of drug-likeness (QED) is 0.615. The van der Waals surface area contributed by atoms with Gasteiger partial charge in [0.25, 0.3) is 0 Å². The fourth-order valence-corrected chi connectivity index (χ4v) is 3.92. The van der Waals surface area contributed by atoms with Crippen molar-refractivity contribution in [1.29, 1.82) is 0 Å². The summed E-state index contributed by atoms with van der Waals surface area (Å²) in [5, 5.41) is 1.24. The van der Waals surface area contributed by atoms with Gasteiger partial charge < -0.3 is 14.5 Å². The first-order valence-electron chi connectivity index (χ1n) is 7.92. The summed E-state index contributed by atoms with van der Waals surface area (Å²) in [5.41, 5.74) is 3.76. The van der Waals surface area contributed by atoms with Crippen LogP contribution >= 0.6 is 11.8 Å². The number of methoxy groups -OCH3 is 2. The highest BCUT2D eigenvalue weighted by molar-refractivity contribution is 8.10. The van der Waals surface area contributed by atoms with Crippen molar-refractivity contribution in [2.75, 3.05) is 25.6 Å². The number of hydrogen-bond donors (Lipinski definition) is 1. The van der Waals surface area contributed by atoms with Crippen LogP contribution in [0.2, 0.25) is 0 Å². The molecule has 0 saturated heterocycles. The summed E-state index contributed by atoms with van der Waals surface area (Å²) < 4.78 is 21.9. The molecule has 0 fully saturated rings. The summed E-state index contributed by atoms with van der Waals surface area (Å²) in [6, 6.07) is 15.6. The number of nitrogens with zero attached hydrogens (tertiary/aromatic N) is 1. The Balaban J connectivity index is 2.02. The minimum absolute atomic E-state index is 0.498. The number of hydrogen-bond acceptors (Lipinski definition) is 5. The van der Waals surface area contributed by atoms with Crippen LogP contribution in [0.4, 0.5) is 0 Å². The maximum absolute atomic E-state index is 11.4. The second kappa shape index (κ2) is 8.42. The van der Waals surface area contributed by atoms with Crippen LogP contribution in [0.5, 0.6) is 11.5 Å².